The number of hydrogen-bond donors (Lipinski definition) is 3. The van der Waals surface area contributed by atoms with E-state index in [1.165, 1.54) is 12.8 Å². The Labute approximate surface area is 114 Å². The van der Waals surface area contributed by atoms with E-state index in [0.29, 0.717) is 18.5 Å². The minimum absolute atomic E-state index is 0.0485. The molecular formula is C13H25N3O3. The number of carbonyl (C=O) groups excluding carboxylic acids is 1. The Morgan fingerprint density at radius 2 is 1.84 bits per heavy atom. The highest BCUT2D eigenvalue weighted by molar-refractivity contribution is 5.74. The Morgan fingerprint density at radius 3 is 2.37 bits per heavy atom. The molecular weight excluding hydrogens is 246 g/mol. The average molecular weight is 271 g/mol. The molecule has 0 saturated carbocycles. The lowest BCUT2D eigenvalue weighted by Gasteiger charge is -2.30. The second-order valence-electron chi connectivity index (χ2n) is 5.33. The Hall–Kier alpha value is -1.30. The van der Waals surface area contributed by atoms with E-state index in [-0.39, 0.29) is 19.0 Å². The summed E-state index contributed by atoms with van der Waals surface area (Å²) in [7, 11) is 0. The van der Waals surface area contributed by atoms with Gasteiger partial charge in [-0.25, -0.2) is 4.79 Å². The first kappa shape index (κ1) is 15.8. The highest BCUT2D eigenvalue weighted by Gasteiger charge is 2.24. The number of rotatable bonds is 7. The predicted molar refractivity (Wildman–Crippen MR) is 73.1 cm³/mol. The van der Waals surface area contributed by atoms with Crippen LogP contribution in [0.5, 0.6) is 0 Å². The Bertz CT molecular complexity index is 302. The topological polar surface area (TPSA) is 81.7 Å². The second-order valence-corrected chi connectivity index (χ2v) is 5.33. The van der Waals surface area contributed by atoms with E-state index in [0.717, 1.165) is 13.1 Å². The fraction of sp³-hybridized carbons (Fsp3) is 0.846. The largest absolute Gasteiger partial charge is 0.481 e. The lowest BCUT2D eigenvalue weighted by atomic mass is 10.0. The number of nitrogens with zero attached hydrogens (tertiary/aromatic N) is 1. The molecule has 19 heavy (non-hydrogen) atoms. The summed E-state index contributed by atoms with van der Waals surface area (Å²) < 4.78 is 0. The van der Waals surface area contributed by atoms with Gasteiger partial charge in [0.15, 0.2) is 0 Å². The van der Waals surface area contributed by atoms with Crippen molar-refractivity contribution in [1.82, 2.24) is 15.5 Å². The number of carboxylic acids is 1. The number of aliphatic carboxylic acids is 1. The van der Waals surface area contributed by atoms with Gasteiger partial charge < -0.3 is 15.7 Å². The van der Waals surface area contributed by atoms with Gasteiger partial charge in [0.25, 0.3) is 0 Å². The Balaban J connectivity index is 2.27. The lowest BCUT2D eigenvalue weighted by Crippen LogP contribution is -2.48. The van der Waals surface area contributed by atoms with E-state index in [1.807, 2.05) is 0 Å². The SMILES string of the molecule is CC(C)C(CNC(=O)NCCC(=O)O)N1CCCC1. The van der Waals surface area contributed by atoms with E-state index in [2.05, 4.69) is 29.4 Å². The molecule has 0 bridgehead atoms. The van der Waals surface area contributed by atoms with E-state index >= 15 is 0 Å². The van der Waals surface area contributed by atoms with Crippen LogP contribution in [0.15, 0.2) is 0 Å². The summed E-state index contributed by atoms with van der Waals surface area (Å²) in [5, 5.41) is 13.9. The van der Waals surface area contributed by atoms with Crippen LogP contribution in [0.1, 0.15) is 33.1 Å². The maximum absolute atomic E-state index is 11.5. The van der Waals surface area contributed by atoms with E-state index in [9.17, 15) is 9.59 Å². The summed E-state index contributed by atoms with van der Waals surface area (Å²) in [5.41, 5.74) is 0. The molecule has 0 aromatic carbocycles. The Kier molecular flexibility index (Phi) is 6.62. The monoisotopic (exact) mass is 271 g/mol. The summed E-state index contributed by atoms with van der Waals surface area (Å²) in [6.07, 6.45) is 2.41. The normalized spacial score (nSPS) is 17.4. The molecule has 1 aliphatic rings. The quantitative estimate of drug-likeness (QED) is 0.642. The van der Waals surface area contributed by atoms with Crippen molar-refractivity contribution in [3.05, 3.63) is 0 Å². The van der Waals surface area contributed by atoms with E-state index in [1.54, 1.807) is 0 Å². The molecule has 1 saturated heterocycles. The Morgan fingerprint density at radius 1 is 1.21 bits per heavy atom. The van der Waals surface area contributed by atoms with Crippen LogP contribution in [0.25, 0.3) is 0 Å². The van der Waals surface area contributed by atoms with Gasteiger partial charge in [-0.3, -0.25) is 9.69 Å². The second kappa shape index (κ2) is 7.99. The van der Waals surface area contributed by atoms with Crippen molar-refractivity contribution in [3.63, 3.8) is 0 Å². The molecule has 6 nitrogen and oxygen atoms in total. The minimum atomic E-state index is -0.905. The molecule has 1 unspecified atom stereocenters. The van der Waals surface area contributed by atoms with Crippen LogP contribution in [0, 0.1) is 5.92 Å². The van der Waals surface area contributed by atoms with Crippen LogP contribution in [-0.4, -0.2) is 54.2 Å². The fourth-order valence-corrected chi connectivity index (χ4v) is 2.40. The van der Waals surface area contributed by atoms with Crippen molar-refractivity contribution in [3.8, 4) is 0 Å². The summed E-state index contributed by atoms with van der Waals surface area (Å²) in [6.45, 7) is 7.30. The molecule has 1 aliphatic heterocycles. The summed E-state index contributed by atoms with van der Waals surface area (Å²) >= 11 is 0. The van der Waals surface area contributed by atoms with Crippen LogP contribution in [0.2, 0.25) is 0 Å². The fourth-order valence-electron chi connectivity index (χ4n) is 2.40. The predicted octanol–water partition coefficient (Wildman–Crippen LogP) is 0.881. The first-order valence-corrected chi connectivity index (χ1v) is 6.98. The number of nitrogens with one attached hydrogen (secondary N) is 2. The molecule has 0 radical (unpaired) electrons. The molecule has 1 atom stereocenters. The third kappa shape index (κ3) is 5.92. The molecule has 3 N–H and O–H groups in total. The van der Waals surface area contributed by atoms with Crippen LogP contribution >= 0.6 is 0 Å². The van der Waals surface area contributed by atoms with Crippen molar-refractivity contribution in [1.29, 1.82) is 0 Å². The molecule has 110 valence electrons. The maximum atomic E-state index is 11.5. The number of hydrogen-bond acceptors (Lipinski definition) is 3. The van der Waals surface area contributed by atoms with Crippen molar-refractivity contribution in [2.75, 3.05) is 26.2 Å². The summed E-state index contributed by atoms with van der Waals surface area (Å²) in [6, 6.07) is 0.0684. The van der Waals surface area contributed by atoms with Gasteiger partial charge >= 0.3 is 12.0 Å². The van der Waals surface area contributed by atoms with E-state index < -0.39 is 5.97 Å². The molecule has 0 aromatic rings. The number of urea groups is 1. The molecule has 1 fully saturated rings. The number of carbonyl (C=O) groups is 2. The first-order valence-electron chi connectivity index (χ1n) is 6.98. The van der Waals surface area contributed by atoms with Gasteiger partial charge in [-0.2, -0.15) is 0 Å². The van der Waals surface area contributed by atoms with Gasteiger partial charge in [0.2, 0.25) is 0 Å². The standard InChI is InChI=1S/C13H25N3O3/c1-10(2)11(16-7-3-4-8-16)9-15-13(19)14-6-5-12(17)18/h10-11H,3-9H2,1-2H3,(H,17,18)(H2,14,15,19). The zero-order valence-electron chi connectivity index (χ0n) is 11.8. The molecule has 6 heteroatoms. The molecule has 0 aliphatic carbocycles. The van der Waals surface area contributed by atoms with E-state index in [4.69, 9.17) is 5.11 Å². The zero-order chi connectivity index (χ0) is 14.3. The average Bonchev–Trinajstić information content (AvgIpc) is 2.82. The molecule has 0 aromatic heterocycles. The number of carboxylic acid groups (broad SMARTS) is 1. The number of amides is 2. The molecule has 1 heterocycles. The van der Waals surface area contributed by atoms with Gasteiger partial charge in [0.05, 0.1) is 6.42 Å². The van der Waals surface area contributed by atoms with Crippen LogP contribution in [0.3, 0.4) is 0 Å². The lowest BCUT2D eigenvalue weighted by molar-refractivity contribution is -0.136. The van der Waals surface area contributed by atoms with Crippen molar-refractivity contribution in [2.45, 2.75) is 39.2 Å². The van der Waals surface area contributed by atoms with Gasteiger partial charge in [0.1, 0.15) is 0 Å². The van der Waals surface area contributed by atoms with Crippen molar-refractivity contribution >= 4 is 12.0 Å². The summed E-state index contributed by atoms with van der Waals surface area (Å²) in [5.74, 6) is -0.421. The van der Waals surface area contributed by atoms with Crippen LogP contribution < -0.4 is 10.6 Å². The van der Waals surface area contributed by atoms with Crippen LogP contribution in [0.4, 0.5) is 4.79 Å². The summed E-state index contributed by atoms with van der Waals surface area (Å²) in [4.78, 5) is 24.3. The molecule has 1 rings (SSSR count). The minimum Gasteiger partial charge on any atom is -0.481 e. The highest BCUT2D eigenvalue weighted by Crippen LogP contribution is 2.16. The smallest absolute Gasteiger partial charge is 0.314 e. The third-order valence-corrected chi connectivity index (χ3v) is 3.48. The maximum Gasteiger partial charge on any atom is 0.314 e. The zero-order valence-corrected chi connectivity index (χ0v) is 11.8. The van der Waals surface area contributed by atoms with Gasteiger partial charge in [-0.15, -0.1) is 0 Å². The van der Waals surface area contributed by atoms with Gasteiger partial charge in [-0.1, -0.05) is 13.8 Å². The molecule has 0 spiro atoms. The third-order valence-electron chi connectivity index (χ3n) is 3.48. The first-order chi connectivity index (χ1) is 9.00. The highest BCUT2D eigenvalue weighted by atomic mass is 16.4. The van der Waals surface area contributed by atoms with Gasteiger partial charge in [0, 0.05) is 19.1 Å². The molecule has 2 amide bonds. The van der Waals surface area contributed by atoms with Crippen molar-refractivity contribution < 1.29 is 14.7 Å². The van der Waals surface area contributed by atoms with Gasteiger partial charge in [-0.05, 0) is 31.8 Å². The number of likely N-dealkylation sites (tertiary alicyclic amines) is 1. The van der Waals surface area contributed by atoms with Crippen LogP contribution in [-0.2, 0) is 4.79 Å². The van der Waals surface area contributed by atoms with Crippen molar-refractivity contribution in [2.24, 2.45) is 5.92 Å².